The average molecular weight is 333 g/mol. The molecule has 6 heteroatoms. The molecule has 1 saturated heterocycles. The number of fused-ring (bicyclic) bond motifs is 1. The van der Waals surface area contributed by atoms with Crippen molar-refractivity contribution in [3.8, 4) is 0 Å². The first kappa shape index (κ1) is 15.5. The number of rotatable bonds is 4. The Bertz CT molecular complexity index is 903. The van der Waals surface area contributed by atoms with Crippen molar-refractivity contribution in [2.24, 2.45) is 5.92 Å². The van der Waals surface area contributed by atoms with Gasteiger partial charge in [0.2, 0.25) is 0 Å². The van der Waals surface area contributed by atoms with Crippen LogP contribution >= 0.6 is 0 Å². The number of para-hydroxylation sites is 1. The highest BCUT2D eigenvalue weighted by molar-refractivity contribution is 5.94. The lowest BCUT2D eigenvalue weighted by Gasteiger charge is -2.39. The number of benzene rings is 1. The molecule has 1 fully saturated rings. The van der Waals surface area contributed by atoms with E-state index in [9.17, 15) is 4.79 Å². The lowest BCUT2D eigenvalue weighted by molar-refractivity contribution is 0.0940. The highest BCUT2D eigenvalue weighted by atomic mass is 16.1. The van der Waals surface area contributed by atoms with Gasteiger partial charge in [0, 0.05) is 30.9 Å². The number of nitrogens with zero attached hydrogens (tertiary/aromatic N) is 4. The van der Waals surface area contributed by atoms with Gasteiger partial charge in [0.25, 0.3) is 5.91 Å². The van der Waals surface area contributed by atoms with Gasteiger partial charge in [-0.05, 0) is 31.2 Å². The van der Waals surface area contributed by atoms with E-state index in [4.69, 9.17) is 0 Å². The van der Waals surface area contributed by atoms with E-state index >= 15 is 0 Å². The Kier molecular flexibility index (Phi) is 4.01. The van der Waals surface area contributed by atoms with E-state index in [-0.39, 0.29) is 5.91 Å². The van der Waals surface area contributed by atoms with Gasteiger partial charge >= 0.3 is 0 Å². The van der Waals surface area contributed by atoms with E-state index in [0.29, 0.717) is 18.2 Å². The summed E-state index contributed by atoms with van der Waals surface area (Å²) < 4.78 is 0. The standard InChI is InChI=1S/C19H19N5O/c1-13-6-9-18(23-22-13)24-11-14(12-24)10-20-19(25)17-8-7-15-4-2-3-5-16(15)21-17/h2-9,14H,10-12H2,1H3,(H,20,25). The van der Waals surface area contributed by atoms with Crippen molar-refractivity contribution in [1.29, 1.82) is 0 Å². The number of nitrogens with one attached hydrogen (secondary N) is 1. The van der Waals surface area contributed by atoms with Crippen LogP contribution < -0.4 is 10.2 Å². The van der Waals surface area contributed by atoms with E-state index in [1.54, 1.807) is 6.07 Å². The molecule has 0 saturated carbocycles. The van der Waals surface area contributed by atoms with Gasteiger partial charge in [-0.3, -0.25) is 4.79 Å². The average Bonchev–Trinajstić information content (AvgIpc) is 2.61. The van der Waals surface area contributed by atoms with Gasteiger partial charge in [-0.15, -0.1) is 5.10 Å². The first-order valence-corrected chi connectivity index (χ1v) is 8.38. The first-order valence-electron chi connectivity index (χ1n) is 8.38. The van der Waals surface area contributed by atoms with Crippen LogP contribution in [0.1, 0.15) is 16.2 Å². The van der Waals surface area contributed by atoms with Gasteiger partial charge < -0.3 is 10.2 Å². The second-order valence-corrected chi connectivity index (χ2v) is 6.40. The Labute approximate surface area is 145 Å². The predicted molar refractivity (Wildman–Crippen MR) is 96.5 cm³/mol. The molecule has 0 radical (unpaired) electrons. The zero-order chi connectivity index (χ0) is 17.2. The third-order valence-electron chi connectivity index (χ3n) is 4.45. The Hall–Kier alpha value is -3.02. The molecule has 0 atom stereocenters. The molecule has 3 aromatic rings. The van der Waals surface area contributed by atoms with Gasteiger partial charge in [0.15, 0.2) is 5.82 Å². The number of carbonyl (C=O) groups is 1. The summed E-state index contributed by atoms with van der Waals surface area (Å²) in [6.07, 6.45) is 0. The molecule has 1 aliphatic heterocycles. The summed E-state index contributed by atoms with van der Waals surface area (Å²) in [7, 11) is 0. The maximum atomic E-state index is 12.3. The number of pyridine rings is 1. The lowest BCUT2D eigenvalue weighted by Crippen LogP contribution is -2.52. The topological polar surface area (TPSA) is 71.0 Å². The fourth-order valence-electron chi connectivity index (χ4n) is 2.97. The normalized spacial score (nSPS) is 14.4. The Morgan fingerprint density at radius 2 is 1.96 bits per heavy atom. The van der Waals surface area contributed by atoms with Crippen LogP contribution in [0.4, 0.5) is 5.82 Å². The van der Waals surface area contributed by atoms with Crippen LogP contribution in [0.15, 0.2) is 48.5 Å². The molecule has 4 rings (SSSR count). The van der Waals surface area contributed by atoms with E-state index in [1.165, 1.54) is 0 Å². The van der Waals surface area contributed by atoms with Crippen molar-refractivity contribution in [3.05, 3.63) is 59.9 Å². The molecule has 0 unspecified atom stereocenters. The highest BCUT2D eigenvalue weighted by Crippen LogP contribution is 2.21. The second kappa shape index (κ2) is 6.47. The van der Waals surface area contributed by atoms with Gasteiger partial charge in [0.05, 0.1) is 11.2 Å². The zero-order valence-corrected chi connectivity index (χ0v) is 14.0. The van der Waals surface area contributed by atoms with Crippen molar-refractivity contribution in [3.63, 3.8) is 0 Å². The van der Waals surface area contributed by atoms with Crippen LogP contribution in [-0.4, -0.2) is 40.7 Å². The molecule has 0 aliphatic carbocycles. The van der Waals surface area contributed by atoms with Gasteiger partial charge in [-0.25, -0.2) is 4.98 Å². The molecule has 1 aromatic carbocycles. The van der Waals surface area contributed by atoms with E-state index in [2.05, 4.69) is 25.4 Å². The number of hydrogen-bond donors (Lipinski definition) is 1. The van der Waals surface area contributed by atoms with Crippen LogP contribution in [0.25, 0.3) is 10.9 Å². The SMILES string of the molecule is Cc1ccc(N2CC(CNC(=O)c3ccc4ccccc4n3)C2)nn1. The molecule has 25 heavy (non-hydrogen) atoms. The molecule has 2 aromatic heterocycles. The number of hydrogen-bond acceptors (Lipinski definition) is 5. The summed E-state index contributed by atoms with van der Waals surface area (Å²) in [5.74, 6) is 1.19. The molecule has 0 bridgehead atoms. The Balaban J connectivity index is 1.31. The third-order valence-corrected chi connectivity index (χ3v) is 4.45. The summed E-state index contributed by atoms with van der Waals surface area (Å²) in [6, 6.07) is 15.4. The lowest BCUT2D eigenvalue weighted by atomic mass is 10.00. The van der Waals surface area contributed by atoms with Gasteiger partial charge in [0.1, 0.15) is 5.69 Å². The molecule has 1 aliphatic rings. The third kappa shape index (κ3) is 3.28. The van der Waals surface area contributed by atoms with Crippen LogP contribution in [-0.2, 0) is 0 Å². The zero-order valence-electron chi connectivity index (χ0n) is 14.0. The van der Waals surface area contributed by atoms with Crippen LogP contribution in [0.5, 0.6) is 0 Å². The number of aryl methyl sites for hydroxylation is 1. The molecule has 3 heterocycles. The molecule has 1 N–H and O–H groups in total. The molecule has 126 valence electrons. The molecular weight excluding hydrogens is 314 g/mol. The van der Waals surface area contributed by atoms with E-state index < -0.39 is 0 Å². The molecule has 1 amide bonds. The first-order chi connectivity index (χ1) is 12.2. The molecular formula is C19H19N5O. The Morgan fingerprint density at radius 1 is 1.12 bits per heavy atom. The summed E-state index contributed by atoms with van der Waals surface area (Å²) >= 11 is 0. The van der Waals surface area contributed by atoms with Crippen LogP contribution in [0, 0.1) is 12.8 Å². The van der Waals surface area contributed by atoms with Crippen molar-refractivity contribution in [2.45, 2.75) is 6.92 Å². The summed E-state index contributed by atoms with van der Waals surface area (Å²) in [6.45, 7) is 4.32. The predicted octanol–water partition coefficient (Wildman–Crippen LogP) is 2.20. The quantitative estimate of drug-likeness (QED) is 0.792. The minimum absolute atomic E-state index is 0.126. The minimum atomic E-state index is -0.126. The summed E-state index contributed by atoms with van der Waals surface area (Å²) in [5, 5.41) is 12.3. The van der Waals surface area contributed by atoms with Crippen molar-refractivity contribution >= 4 is 22.6 Å². The maximum absolute atomic E-state index is 12.3. The van der Waals surface area contributed by atoms with E-state index in [1.807, 2.05) is 49.4 Å². The monoisotopic (exact) mass is 333 g/mol. The van der Waals surface area contributed by atoms with Gasteiger partial charge in [-0.1, -0.05) is 24.3 Å². The number of amides is 1. The minimum Gasteiger partial charge on any atom is -0.354 e. The van der Waals surface area contributed by atoms with Gasteiger partial charge in [-0.2, -0.15) is 5.10 Å². The van der Waals surface area contributed by atoms with E-state index in [0.717, 1.165) is 35.5 Å². The fraction of sp³-hybridized carbons (Fsp3) is 0.263. The number of anilines is 1. The number of carbonyl (C=O) groups excluding carboxylic acids is 1. The summed E-state index contributed by atoms with van der Waals surface area (Å²) in [5.41, 5.74) is 2.21. The molecule has 0 spiro atoms. The summed E-state index contributed by atoms with van der Waals surface area (Å²) in [4.78, 5) is 18.9. The van der Waals surface area contributed by atoms with Crippen LogP contribution in [0.3, 0.4) is 0 Å². The Morgan fingerprint density at radius 3 is 2.76 bits per heavy atom. The van der Waals surface area contributed by atoms with Crippen molar-refractivity contribution in [1.82, 2.24) is 20.5 Å². The fourth-order valence-corrected chi connectivity index (χ4v) is 2.97. The number of aromatic nitrogens is 3. The van der Waals surface area contributed by atoms with Crippen molar-refractivity contribution in [2.75, 3.05) is 24.5 Å². The highest BCUT2D eigenvalue weighted by Gasteiger charge is 2.28. The smallest absolute Gasteiger partial charge is 0.269 e. The van der Waals surface area contributed by atoms with Crippen molar-refractivity contribution < 1.29 is 4.79 Å². The maximum Gasteiger partial charge on any atom is 0.269 e. The second-order valence-electron chi connectivity index (χ2n) is 6.40. The van der Waals surface area contributed by atoms with Crippen LogP contribution in [0.2, 0.25) is 0 Å². The largest absolute Gasteiger partial charge is 0.354 e. The molecule has 6 nitrogen and oxygen atoms in total.